The van der Waals surface area contributed by atoms with Crippen LogP contribution in [-0.4, -0.2) is 41.0 Å². The van der Waals surface area contributed by atoms with Gasteiger partial charge in [0.1, 0.15) is 0 Å². The second-order valence-corrected chi connectivity index (χ2v) is 5.56. The molecule has 0 N–H and O–H groups in total. The summed E-state index contributed by atoms with van der Waals surface area (Å²) in [4.78, 5) is 24.7. The van der Waals surface area contributed by atoms with Gasteiger partial charge in [-0.05, 0) is 25.0 Å². The van der Waals surface area contributed by atoms with Crippen LogP contribution in [0.1, 0.15) is 36.0 Å². The van der Waals surface area contributed by atoms with Gasteiger partial charge in [-0.3, -0.25) is 14.9 Å². The normalized spacial score (nSPS) is 25.2. The van der Waals surface area contributed by atoms with Gasteiger partial charge in [0.15, 0.2) is 0 Å². The molecule has 6 heteroatoms. The van der Waals surface area contributed by atoms with E-state index in [1.807, 2.05) is 4.90 Å². The van der Waals surface area contributed by atoms with Crippen molar-refractivity contribution in [1.29, 1.82) is 0 Å². The minimum absolute atomic E-state index is 0.00377. The van der Waals surface area contributed by atoms with Crippen LogP contribution in [0.4, 0.5) is 5.69 Å². The van der Waals surface area contributed by atoms with Crippen molar-refractivity contribution in [3.05, 3.63) is 39.9 Å². The van der Waals surface area contributed by atoms with E-state index in [0.29, 0.717) is 18.7 Å². The highest BCUT2D eigenvalue weighted by molar-refractivity contribution is 5.94. The Morgan fingerprint density at radius 3 is 2.67 bits per heavy atom. The molecule has 0 unspecified atom stereocenters. The molecule has 1 heterocycles. The summed E-state index contributed by atoms with van der Waals surface area (Å²) in [5, 5.41) is 10.7. The molecule has 112 valence electrons. The number of morpholine rings is 1. The highest BCUT2D eigenvalue weighted by atomic mass is 16.6. The molecule has 0 spiro atoms. The van der Waals surface area contributed by atoms with Gasteiger partial charge in [-0.1, -0.05) is 12.8 Å². The molecule has 0 radical (unpaired) electrons. The Balaban J connectivity index is 1.78. The van der Waals surface area contributed by atoms with Crippen molar-refractivity contribution < 1.29 is 14.5 Å². The molecule has 6 nitrogen and oxygen atoms in total. The number of benzene rings is 1. The summed E-state index contributed by atoms with van der Waals surface area (Å²) in [5.41, 5.74) is 0.510. The molecule has 1 amide bonds. The number of non-ortho nitro benzene ring substituents is 1. The first-order valence-corrected chi connectivity index (χ1v) is 7.34. The fourth-order valence-electron chi connectivity index (χ4n) is 3.24. The van der Waals surface area contributed by atoms with Crippen LogP contribution in [0, 0.1) is 10.1 Å². The zero-order valence-corrected chi connectivity index (χ0v) is 11.7. The van der Waals surface area contributed by atoms with E-state index in [-0.39, 0.29) is 23.7 Å². The van der Waals surface area contributed by atoms with Crippen LogP contribution in [0.25, 0.3) is 0 Å². The Morgan fingerprint density at radius 1 is 1.24 bits per heavy atom. The van der Waals surface area contributed by atoms with Gasteiger partial charge in [0.05, 0.1) is 23.7 Å². The molecule has 3 rings (SSSR count). The first kappa shape index (κ1) is 14.0. The maximum Gasteiger partial charge on any atom is 0.269 e. The highest BCUT2D eigenvalue weighted by Crippen LogP contribution is 2.29. The summed E-state index contributed by atoms with van der Waals surface area (Å²) in [6.07, 6.45) is 4.41. The maximum atomic E-state index is 12.6. The van der Waals surface area contributed by atoms with Gasteiger partial charge in [0.25, 0.3) is 11.6 Å². The molecule has 0 aromatic heterocycles. The van der Waals surface area contributed by atoms with Crippen molar-refractivity contribution in [2.45, 2.75) is 37.8 Å². The number of hydrogen-bond acceptors (Lipinski definition) is 4. The van der Waals surface area contributed by atoms with Gasteiger partial charge < -0.3 is 9.64 Å². The lowest BCUT2D eigenvalue weighted by atomic mass is 9.89. The van der Waals surface area contributed by atoms with Crippen molar-refractivity contribution in [3.8, 4) is 0 Å². The fourth-order valence-corrected chi connectivity index (χ4v) is 3.24. The summed E-state index contributed by atoms with van der Waals surface area (Å²) in [5.74, 6) is -0.0508. The van der Waals surface area contributed by atoms with Crippen molar-refractivity contribution >= 4 is 11.6 Å². The van der Waals surface area contributed by atoms with E-state index in [0.717, 1.165) is 25.7 Å². The first-order chi connectivity index (χ1) is 10.2. The third kappa shape index (κ3) is 2.76. The molecule has 1 saturated heterocycles. The largest absolute Gasteiger partial charge is 0.374 e. The summed E-state index contributed by atoms with van der Waals surface area (Å²) >= 11 is 0. The smallest absolute Gasteiger partial charge is 0.269 e. The van der Waals surface area contributed by atoms with Gasteiger partial charge in [0.2, 0.25) is 0 Å². The minimum Gasteiger partial charge on any atom is -0.374 e. The van der Waals surface area contributed by atoms with Crippen LogP contribution in [0.5, 0.6) is 0 Å². The Hall–Kier alpha value is -1.95. The number of nitrogens with zero attached hydrogens (tertiary/aromatic N) is 2. The van der Waals surface area contributed by atoms with Gasteiger partial charge in [0, 0.05) is 24.2 Å². The average molecular weight is 290 g/mol. The second-order valence-electron chi connectivity index (χ2n) is 5.56. The van der Waals surface area contributed by atoms with Crippen molar-refractivity contribution in [1.82, 2.24) is 4.90 Å². The van der Waals surface area contributed by atoms with E-state index in [1.165, 1.54) is 24.3 Å². The summed E-state index contributed by atoms with van der Waals surface area (Å²) in [6.45, 7) is 1.16. The maximum absolute atomic E-state index is 12.6. The number of carbonyl (C=O) groups is 1. The molecule has 2 atom stereocenters. The third-order valence-electron chi connectivity index (χ3n) is 4.32. The zero-order chi connectivity index (χ0) is 14.8. The number of amides is 1. The predicted molar refractivity (Wildman–Crippen MR) is 76.1 cm³/mol. The third-order valence-corrected chi connectivity index (χ3v) is 4.32. The molecule has 1 aromatic rings. The fraction of sp³-hybridized carbons (Fsp3) is 0.533. The number of hydrogen-bond donors (Lipinski definition) is 0. The number of fused-ring (bicyclic) bond motifs is 1. The van der Waals surface area contributed by atoms with Gasteiger partial charge >= 0.3 is 0 Å². The van der Waals surface area contributed by atoms with E-state index in [2.05, 4.69) is 0 Å². The topological polar surface area (TPSA) is 72.7 Å². The molecule has 2 fully saturated rings. The minimum atomic E-state index is -0.458. The van der Waals surface area contributed by atoms with Crippen LogP contribution in [0.3, 0.4) is 0 Å². The molecular formula is C15H18N2O4. The van der Waals surface area contributed by atoms with E-state index in [4.69, 9.17) is 4.74 Å². The molecule has 1 aliphatic heterocycles. The number of rotatable bonds is 2. The Kier molecular flexibility index (Phi) is 3.88. The van der Waals surface area contributed by atoms with Gasteiger partial charge in [-0.25, -0.2) is 0 Å². The average Bonchev–Trinajstić information content (AvgIpc) is 2.53. The molecular weight excluding hydrogens is 272 g/mol. The molecule has 1 aliphatic carbocycles. The summed E-state index contributed by atoms with van der Waals surface area (Å²) in [7, 11) is 0. The van der Waals surface area contributed by atoms with E-state index >= 15 is 0 Å². The monoisotopic (exact) mass is 290 g/mol. The van der Waals surface area contributed by atoms with Crippen LogP contribution in [0.15, 0.2) is 24.3 Å². The molecule has 21 heavy (non-hydrogen) atoms. The molecule has 1 aromatic carbocycles. The second kappa shape index (κ2) is 5.81. The summed E-state index contributed by atoms with van der Waals surface area (Å²) in [6, 6.07) is 5.98. The number of carbonyl (C=O) groups excluding carboxylic acids is 1. The van der Waals surface area contributed by atoms with Crippen molar-refractivity contribution in [3.63, 3.8) is 0 Å². The number of ether oxygens (including phenoxy) is 1. The van der Waals surface area contributed by atoms with E-state index in [1.54, 1.807) is 0 Å². The van der Waals surface area contributed by atoms with Crippen molar-refractivity contribution in [2.75, 3.05) is 13.2 Å². The molecule has 0 bridgehead atoms. The lowest BCUT2D eigenvalue weighted by Gasteiger charge is -2.43. The van der Waals surface area contributed by atoms with E-state index in [9.17, 15) is 14.9 Å². The summed E-state index contributed by atoms with van der Waals surface area (Å²) < 4.78 is 5.77. The zero-order valence-electron chi connectivity index (χ0n) is 11.7. The number of nitro benzene ring substituents is 1. The highest BCUT2D eigenvalue weighted by Gasteiger charge is 2.36. The Bertz CT molecular complexity index is 541. The predicted octanol–water partition coefficient (Wildman–Crippen LogP) is 2.38. The van der Waals surface area contributed by atoms with Crippen LogP contribution in [0.2, 0.25) is 0 Å². The molecule has 2 aliphatic rings. The van der Waals surface area contributed by atoms with Crippen LogP contribution < -0.4 is 0 Å². The van der Waals surface area contributed by atoms with E-state index < -0.39 is 4.92 Å². The molecule has 1 saturated carbocycles. The Labute approximate surface area is 122 Å². The standard InChI is InChI=1S/C15H18N2O4/c18-15(11-5-7-12(8-6-11)17(19)20)16-9-10-21-14-4-2-1-3-13(14)16/h5-8,13-14H,1-4,9-10H2/t13-,14-/m0/s1. The van der Waals surface area contributed by atoms with Crippen LogP contribution >= 0.6 is 0 Å². The quantitative estimate of drug-likeness (QED) is 0.619. The first-order valence-electron chi connectivity index (χ1n) is 7.34. The van der Waals surface area contributed by atoms with Crippen molar-refractivity contribution in [2.24, 2.45) is 0 Å². The van der Waals surface area contributed by atoms with Gasteiger partial charge in [-0.15, -0.1) is 0 Å². The van der Waals surface area contributed by atoms with Gasteiger partial charge in [-0.2, -0.15) is 0 Å². The van der Waals surface area contributed by atoms with Crippen LogP contribution in [-0.2, 0) is 4.74 Å². The SMILES string of the molecule is O=C(c1ccc([N+](=O)[O-])cc1)N1CCO[C@H]2CCCC[C@@H]21. The lowest BCUT2D eigenvalue weighted by molar-refractivity contribution is -0.384. The number of nitro groups is 1. The Morgan fingerprint density at radius 2 is 1.95 bits per heavy atom. The lowest BCUT2D eigenvalue weighted by Crippen LogP contribution is -2.54.